The fourth-order valence-electron chi connectivity index (χ4n) is 2.10. The number of nitrogens with one attached hydrogen (secondary N) is 1. The van der Waals surface area contributed by atoms with Gasteiger partial charge in [0.15, 0.2) is 11.5 Å². The molecule has 0 aromatic heterocycles. The molecule has 0 radical (unpaired) electrons. The molecule has 6 heteroatoms. The lowest BCUT2D eigenvalue weighted by Crippen LogP contribution is -2.46. The van der Waals surface area contributed by atoms with E-state index >= 15 is 0 Å². The number of carbonyl (C=O) groups is 1. The van der Waals surface area contributed by atoms with Crippen molar-refractivity contribution in [1.29, 1.82) is 0 Å². The van der Waals surface area contributed by atoms with E-state index in [4.69, 9.17) is 9.47 Å². The normalized spacial score (nSPS) is 15.0. The minimum atomic E-state index is 0.137. The zero-order valence-electron chi connectivity index (χ0n) is 11.5. The first-order valence-electron chi connectivity index (χ1n) is 6.66. The summed E-state index contributed by atoms with van der Waals surface area (Å²) in [6.07, 6.45) is 0.379. The van der Waals surface area contributed by atoms with Crippen LogP contribution in [-0.4, -0.2) is 50.7 Å². The van der Waals surface area contributed by atoms with E-state index in [-0.39, 0.29) is 5.91 Å². The molecule has 1 fully saturated rings. The summed E-state index contributed by atoms with van der Waals surface area (Å²) in [6, 6.07) is 5.59. The lowest BCUT2D eigenvalue weighted by atomic mass is 10.3. The van der Waals surface area contributed by atoms with Crippen LogP contribution in [0.5, 0.6) is 11.5 Å². The highest BCUT2D eigenvalue weighted by atomic mass is 79.9. The lowest BCUT2D eigenvalue weighted by Gasteiger charge is -2.27. The highest BCUT2D eigenvalue weighted by molar-refractivity contribution is 9.10. The molecule has 110 valence electrons. The first kappa shape index (κ1) is 15.1. The Balaban J connectivity index is 1.85. The van der Waals surface area contributed by atoms with Crippen molar-refractivity contribution >= 4 is 21.8 Å². The molecule has 5 nitrogen and oxygen atoms in total. The van der Waals surface area contributed by atoms with Gasteiger partial charge >= 0.3 is 0 Å². The van der Waals surface area contributed by atoms with Crippen LogP contribution in [0.25, 0.3) is 0 Å². The molecule has 0 unspecified atom stereocenters. The van der Waals surface area contributed by atoms with Gasteiger partial charge in [-0.3, -0.25) is 4.79 Å². The predicted octanol–water partition coefficient (Wildman–Crippen LogP) is 1.66. The van der Waals surface area contributed by atoms with Crippen LogP contribution in [0.15, 0.2) is 22.7 Å². The highest BCUT2D eigenvalue weighted by Crippen LogP contribution is 2.34. The van der Waals surface area contributed by atoms with Crippen LogP contribution in [0.3, 0.4) is 0 Å². The molecule has 1 aliphatic heterocycles. The van der Waals surface area contributed by atoms with Gasteiger partial charge in [0.2, 0.25) is 5.91 Å². The smallest absolute Gasteiger partial charge is 0.226 e. The van der Waals surface area contributed by atoms with Gasteiger partial charge in [0.25, 0.3) is 0 Å². The average Bonchev–Trinajstić information content (AvgIpc) is 2.49. The summed E-state index contributed by atoms with van der Waals surface area (Å²) in [4.78, 5) is 13.9. The molecule has 1 amide bonds. The first-order chi connectivity index (χ1) is 9.72. The van der Waals surface area contributed by atoms with Crippen molar-refractivity contribution in [1.82, 2.24) is 10.2 Å². The Morgan fingerprint density at radius 3 is 2.85 bits per heavy atom. The standard InChI is InChI=1S/C14H19BrN2O3/c1-19-12-4-2-3-11(15)14(12)20-10-5-13(18)17-8-6-16-7-9-17/h2-4,16H,5-10H2,1H3. The van der Waals surface area contributed by atoms with Crippen molar-refractivity contribution in [3.05, 3.63) is 22.7 Å². The second kappa shape index (κ2) is 7.50. The zero-order valence-corrected chi connectivity index (χ0v) is 13.1. The number of hydrogen-bond donors (Lipinski definition) is 1. The van der Waals surface area contributed by atoms with Crippen molar-refractivity contribution in [3.63, 3.8) is 0 Å². The lowest BCUT2D eigenvalue weighted by molar-refractivity contribution is -0.132. The molecule has 1 aliphatic rings. The fourth-order valence-corrected chi connectivity index (χ4v) is 2.57. The summed E-state index contributed by atoms with van der Waals surface area (Å²) in [6.45, 7) is 3.63. The Hall–Kier alpha value is -1.27. The summed E-state index contributed by atoms with van der Waals surface area (Å²) in [7, 11) is 1.60. The van der Waals surface area contributed by atoms with Gasteiger partial charge in [-0.25, -0.2) is 0 Å². The number of carbonyl (C=O) groups excluding carboxylic acids is 1. The number of hydrogen-bond acceptors (Lipinski definition) is 4. The molecule has 1 N–H and O–H groups in total. The van der Waals surface area contributed by atoms with E-state index in [0.29, 0.717) is 24.5 Å². The molecule has 0 bridgehead atoms. The maximum Gasteiger partial charge on any atom is 0.226 e. The van der Waals surface area contributed by atoms with Crippen LogP contribution >= 0.6 is 15.9 Å². The van der Waals surface area contributed by atoms with Gasteiger partial charge in [0.05, 0.1) is 24.6 Å². The Bertz CT molecular complexity index is 462. The first-order valence-corrected chi connectivity index (χ1v) is 7.45. The van der Waals surface area contributed by atoms with Crippen molar-refractivity contribution in [2.75, 3.05) is 39.9 Å². The summed E-state index contributed by atoms with van der Waals surface area (Å²) >= 11 is 3.42. The predicted molar refractivity (Wildman–Crippen MR) is 80.3 cm³/mol. The van der Waals surface area contributed by atoms with Crippen LogP contribution in [0.4, 0.5) is 0 Å². The quantitative estimate of drug-likeness (QED) is 0.884. The molecule has 1 aromatic rings. The van der Waals surface area contributed by atoms with E-state index in [1.165, 1.54) is 0 Å². The van der Waals surface area contributed by atoms with Crippen LogP contribution in [0.1, 0.15) is 6.42 Å². The number of nitrogens with zero attached hydrogens (tertiary/aromatic N) is 1. The number of ether oxygens (including phenoxy) is 2. The third-order valence-corrected chi connectivity index (χ3v) is 3.81. The number of halogens is 1. The number of benzene rings is 1. The molecule has 0 saturated carbocycles. The largest absolute Gasteiger partial charge is 0.493 e. The van der Waals surface area contributed by atoms with Crippen LogP contribution in [0.2, 0.25) is 0 Å². The van der Waals surface area contributed by atoms with Gasteiger partial charge in [-0.15, -0.1) is 0 Å². The summed E-state index contributed by atoms with van der Waals surface area (Å²) in [5.41, 5.74) is 0. The molecule has 1 aromatic carbocycles. The SMILES string of the molecule is COc1cccc(Br)c1OCCC(=O)N1CCNCC1. The third-order valence-electron chi connectivity index (χ3n) is 3.18. The minimum absolute atomic E-state index is 0.137. The van der Waals surface area contributed by atoms with Crippen molar-refractivity contribution in [3.8, 4) is 11.5 Å². The van der Waals surface area contributed by atoms with Crippen molar-refractivity contribution < 1.29 is 14.3 Å². The van der Waals surface area contributed by atoms with E-state index in [1.54, 1.807) is 7.11 Å². The zero-order chi connectivity index (χ0) is 14.4. The Morgan fingerprint density at radius 1 is 1.40 bits per heavy atom. The summed E-state index contributed by atoms with van der Waals surface area (Å²) in [5, 5.41) is 3.23. The second-order valence-corrected chi connectivity index (χ2v) is 5.35. The molecule has 20 heavy (non-hydrogen) atoms. The summed E-state index contributed by atoms with van der Waals surface area (Å²) < 4.78 is 11.8. The Morgan fingerprint density at radius 2 is 2.15 bits per heavy atom. The molecule has 0 spiro atoms. The molecule has 0 aliphatic carbocycles. The number of rotatable bonds is 5. The van der Waals surface area contributed by atoms with E-state index in [1.807, 2.05) is 23.1 Å². The number of para-hydroxylation sites is 1. The molecular weight excluding hydrogens is 324 g/mol. The van der Waals surface area contributed by atoms with Crippen LogP contribution in [-0.2, 0) is 4.79 Å². The van der Waals surface area contributed by atoms with Gasteiger partial charge in [0.1, 0.15) is 0 Å². The van der Waals surface area contributed by atoms with Crippen molar-refractivity contribution in [2.45, 2.75) is 6.42 Å². The number of piperazine rings is 1. The molecule has 0 atom stereocenters. The Labute approximate surface area is 127 Å². The average molecular weight is 343 g/mol. The summed E-state index contributed by atoms with van der Waals surface area (Å²) in [5.74, 6) is 1.44. The van der Waals surface area contributed by atoms with E-state index in [9.17, 15) is 4.79 Å². The van der Waals surface area contributed by atoms with E-state index < -0.39 is 0 Å². The maximum absolute atomic E-state index is 12.0. The monoisotopic (exact) mass is 342 g/mol. The molecule has 1 heterocycles. The van der Waals surface area contributed by atoms with E-state index in [0.717, 1.165) is 30.7 Å². The Kier molecular flexibility index (Phi) is 5.67. The molecular formula is C14H19BrN2O3. The molecule has 1 saturated heterocycles. The highest BCUT2D eigenvalue weighted by Gasteiger charge is 2.16. The van der Waals surface area contributed by atoms with Gasteiger partial charge in [-0.2, -0.15) is 0 Å². The van der Waals surface area contributed by atoms with Gasteiger partial charge in [-0.1, -0.05) is 6.07 Å². The number of methoxy groups -OCH3 is 1. The topological polar surface area (TPSA) is 50.8 Å². The second-order valence-electron chi connectivity index (χ2n) is 4.50. The third kappa shape index (κ3) is 3.86. The number of amides is 1. The maximum atomic E-state index is 12.0. The van der Waals surface area contributed by atoms with Crippen molar-refractivity contribution in [2.24, 2.45) is 0 Å². The van der Waals surface area contributed by atoms with Gasteiger partial charge in [0, 0.05) is 26.2 Å². The fraction of sp³-hybridized carbons (Fsp3) is 0.500. The van der Waals surface area contributed by atoms with Crippen LogP contribution < -0.4 is 14.8 Å². The van der Waals surface area contributed by atoms with Gasteiger partial charge < -0.3 is 19.7 Å². The van der Waals surface area contributed by atoms with Crippen LogP contribution in [0, 0.1) is 0 Å². The van der Waals surface area contributed by atoms with E-state index in [2.05, 4.69) is 21.2 Å². The molecule has 2 rings (SSSR count). The minimum Gasteiger partial charge on any atom is -0.493 e. The van der Waals surface area contributed by atoms with Gasteiger partial charge in [-0.05, 0) is 28.1 Å².